The molecule has 1 atom stereocenters. The Morgan fingerprint density at radius 3 is 2.78 bits per heavy atom. The summed E-state index contributed by atoms with van der Waals surface area (Å²) in [6.45, 7) is 2.00. The zero-order valence-corrected chi connectivity index (χ0v) is 11.2. The lowest BCUT2D eigenvalue weighted by Crippen LogP contribution is -2.32. The molecule has 100 valence electrons. The maximum absolute atomic E-state index is 5.67. The molecule has 2 heterocycles. The van der Waals surface area contributed by atoms with Crippen LogP contribution in [0.5, 0.6) is 0 Å². The van der Waals surface area contributed by atoms with E-state index in [9.17, 15) is 0 Å². The van der Waals surface area contributed by atoms with E-state index in [1.165, 1.54) is 12.8 Å². The minimum Gasteiger partial charge on any atom is -0.368 e. The van der Waals surface area contributed by atoms with Gasteiger partial charge in [-0.2, -0.15) is 15.0 Å². The van der Waals surface area contributed by atoms with Crippen LogP contribution in [0.3, 0.4) is 0 Å². The van der Waals surface area contributed by atoms with Crippen molar-refractivity contribution < 1.29 is 0 Å². The second-order valence-electron chi connectivity index (χ2n) is 4.87. The Kier molecular flexibility index (Phi) is 3.81. The minimum absolute atomic E-state index is 0.246. The van der Waals surface area contributed by atoms with Crippen LogP contribution in [0.1, 0.15) is 12.8 Å². The minimum atomic E-state index is 0.246. The lowest BCUT2D eigenvalue weighted by atomic mass is 10.2. The van der Waals surface area contributed by atoms with Gasteiger partial charge in [0.1, 0.15) is 0 Å². The molecule has 0 amide bonds. The van der Waals surface area contributed by atoms with Gasteiger partial charge in [0.2, 0.25) is 17.8 Å². The molecule has 1 aromatic heterocycles. The van der Waals surface area contributed by atoms with Crippen molar-refractivity contribution in [2.45, 2.75) is 18.9 Å². The Bertz CT molecular complexity index is 406. The molecule has 0 spiro atoms. The summed E-state index contributed by atoms with van der Waals surface area (Å²) < 4.78 is 0. The fourth-order valence-corrected chi connectivity index (χ4v) is 2.11. The number of hydrogen-bond donors (Lipinski definition) is 2. The number of nitrogens with two attached hydrogens (primary N) is 1. The smallest absolute Gasteiger partial charge is 0.231 e. The topological polar surface area (TPSA) is 83.2 Å². The first kappa shape index (κ1) is 12.8. The quantitative estimate of drug-likeness (QED) is 0.781. The molecule has 2 rings (SSSR count). The molecule has 0 saturated carbocycles. The van der Waals surface area contributed by atoms with E-state index in [-0.39, 0.29) is 5.95 Å². The number of rotatable bonds is 4. The van der Waals surface area contributed by atoms with E-state index in [0.29, 0.717) is 17.9 Å². The van der Waals surface area contributed by atoms with Crippen molar-refractivity contribution in [1.82, 2.24) is 19.9 Å². The molecule has 3 N–H and O–H groups in total. The molecule has 1 unspecified atom stereocenters. The van der Waals surface area contributed by atoms with Crippen molar-refractivity contribution in [3.8, 4) is 0 Å². The highest BCUT2D eigenvalue weighted by Crippen LogP contribution is 2.15. The third-order valence-corrected chi connectivity index (χ3v) is 3.21. The highest BCUT2D eigenvalue weighted by Gasteiger charge is 2.20. The standard InChI is InChI=1S/C11H21N7/c1-17(2)11-15-9(12)14-10(16-11)13-7-8-5-4-6-18(8)3/h8H,4-7H2,1-3H3,(H3,12,13,14,15,16). The van der Waals surface area contributed by atoms with Crippen molar-refractivity contribution in [3.63, 3.8) is 0 Å². The zero-order valence-electron chi connectivity index (χ0n) is 11.2. The van der Waals surface area contributed by atoms with Gasteiger partial charge >= 0.3 is 0 Å². The van der Waals surface area contributed by atoms with Crippen LogP contribution in [-0.4, -0.2) is 60.1 Å². The van der Waals surface area contributed by atoms with Crippen LogP contribution < -0.4 is 16.0 Å². The summed E-state index contributed by atoms with van der Waals surface area (Å²) in [7, 11) is 5.90. The lowest BCUT2D eigenvalue weighted by molar-refractivity contribution is 0.322. The predicted molar refractivity (Wildman–Crippen MR) is 72.7 cm³/mol. The molecule has 0 aromatic carbocycles. The molecule has 7 nitrogen and oxygen atoms in total. The second-order valence-corrected chi connectivity index (χ2v) is 4.87. The molecule has 1 saturated heterocycles. The van der Waals surface area contributed by atoms with Crippen molar-refractivity contribution in [1.29, 1.82) is 0 Å². The average molecular weight is 251 g/mol. The predicted octanol–water partition coefficient (Wildman–Crippen LogP) is 0.0259. The number of anilines is 3. The van der Waals surface area contributed by atoms with Gasteiger partial charge in [-0.1, -0.05) is 0 Å². The monoisotopic (exact) mass is 251 g/mol. The summed E-state index contributed by atoms with van der Waals surface area (Å²) in [4.78, 5) is 16.6. The first-order valence-electron chi connectivity index (χ1n) is 6.19. The van der Waals surface area contributed by atoms with Gasteiger partial charge in [-0.3, -0.25) is 0 Å². The highest BCUT2D eigenvalue weighted by molar-refractivity contribution is 5.40. The number of nitrogens with one attached hydrogen (secondary N) is 1. The van der Waals surface area contributed by atoms with Crippen molar-refractivity contribution in [2.75, 3.05) is 50.2 Å². The molecule has 7 heteroatoms. The summed E-state index contributed by atoms with van der Waals surface area (Å²) >= 11 is 0. The molecular formula is C11H21N7. The number of nitrogens with zero attached hydrogens (tertiary/aromatic N) is 5. The molecule has 1 aliphatic heterocycles. The van der Waals surface area contributed by atoms with Gasteiger partial charge in [-0.15, -0.1) is 0 Å². The van der Waals surface area contributed by atoms with Crippen LogP contribution in [0.15, 0.2) is 0 Å². The second kappa shape index (κ2) is 5.34. The molecule has 1 aromatic rings. The van der Waals surface area contributed by atoms with E-state index < -0.39 is 0 Å². The third-order valence-electron chi connectivity index (χ3n) is 3.21. The Morgan fingerprint density at radius 2 is 2.17 bits per heavy atom. The average Bonchev–Trinajstić information content (AvgIpc) is 2.71. The largest absolute Gasteiger partial charge is 0.368 e. The summed E-state index contributed by atoms with van der Waals surface area (Å²) in [5.41, 5.74) is 5.67. The first-order valence-corrected chi connectivity index (χ1v) is 6.19. The fourth-order valence-electron chi connectivity index (χ4n) is 2.11. The Hall–Kier alpha value is -1.63. The number of likely N-dealkylation sites (N-methyl/N-ethyl adjacent to an activating group) is 1. The molecule has 18 heavy (non-hydrogen) atoms. The van der Waals surface area contributed by atoms with Crippen LogP contribution in [-0.2, 0) is 0 Å². The molecule has 0 aliphatic carbocycles. The van der Waals surface area contributed by atoms with Gasteiger partial charge in [0, 0.05) is 26.7 Å². The zero-order chi connectivity index (χ0) is 13.1. The highest BCUT2D eigenvalue weighted by atomic mass is 15.3. The maximum atomic E-state index is 5.67. The van der Waals surface area contributed by atoms with Gasteiger partial charge < -0.3 is 20.9 Å². The van der Waals surface area contributed by atoms with Crippen molar-refractivity contribution >= 4 is 17.8 Å². The number of hydrogen-bond acceptors (Lipinski definition) is 7. The summed E-state index contributed by atoms with van der Waals surface area (Å²) in [5, 5.41) is 3.24. The third kappa shape index (κ3) is 2.98. The molecule has 1 fully saturated rings. The van der Waals surface area contributed by atoms with Gasteiger partial charge in [0.25, 0.3) is 0 Å². The molecule has 0 radical (unpaired) electrons. The summed E-state index contributed by atoms with van der Waals surface area (Å²) in [5.74, 6) is 1.37. The SMILES string of the molecule is CN(C)c1nc(N)nc(NCC2CCCN2C)n1. The van der Waals surface area contributed by atoms with Crippen molar-refractivity contribution in [3.05, 3.63) is 0 Å². The van der Waals surface area contributed by atoms with Crippen molar-refractivity contribution in [2.24, 2.45) is 0 Å². The van der Waals surface area contributed by atoms with Crippen LogP contribution in [0.4, 0.5) is 17.8 Å². The normalized spacial score (nSPS) is 20.1. The number of aromatic nitrogens is 3. The van der Waals surface area contributed by atoms with E-state index in [1.54, 1.807) is 0 Å². The van der Waals surface area contributed by atoms with Crippen LogP contribution >= 0.6 is 0 Å². The van der Waals surface area contributed by atoms with Crippen LogP contribution in [0.25, 0.3) is 0 Å². The fraction of sp³-hybridized carbons (Fsp3) is 0.727. The molecule has 0 bridgehead atoms. The number of nitrogen functional groups attached to an aromatic ring is 1. The van der Waals surface area contributed by atoms with E-state index in [0.717, 1.165) is 13.1 Å². The summed E-state index contributed by atoms with van der Waals surface area (Å²) in [6.07, 6.45) is 2.47. The van der Waals surface area contributed by atoms with Crippen LogP contribution in [0.2, 0.25) is 0 Å². The molecule has 1 aliphatic rings. The lowest BCUT2D eigenvalue weighted by Gasteiger charge is -2.20. The number of likely N-dealkylation sites (tertiary alicyclic amines) is 1. The van der Waals surface area contributed by atoms with Crippen LogP contribution in [0, 0.1) is 0 Å². The van der Waals surface area contributed by atoms with Gasteiger partial charge in [-0.05, 0) is 26.4 Å². The Balaban J connectivity index is 2.00. The molecular weight excluding hydrogens is 230 g/mol. The first-order chi connectivity index (χ1) is 8.56. The van der Waals surface area contributed by atoms with E-state index in [4.69, 9.17) is 5.73 Å². The van der Waals surface area contributed by atoms with Gasteiger partial charge in [0.15, 0.2) is 0 Å². The van der Waals surface area contributed by atoms with Gasteiger partial charge in [0.05, 0.1) is 0 Å². The van der Waals surface area contributed by atoms with E-state index >= 15 is 0 Å². The van der Waals surface area contributed by atoms with E-state index in [1.807, 2.05) is 19.0 Å². The Morgan fingerprint density at radius 1 is 1.39 bits per heavy atom. The van der Waals surface area contributed by atoms with Gasteiger partial charge in [-0.25, -0.2) is 0 Å². The van der Waals surface area contributed by atoms with E-state index in [2.05, 4.69) is 32.2 Å². The maximum Gasteiger partial charge on any atom is 0.231 e. The summed E-state index contributed by atoms with van der Waals surface area (Å²) in [6, 6.07) is 0.547. The Labute approximate surface area is 107 Å².